The number of halogens is 1. The molecule has 0 aliphatic carbocycles. The summed E-state index contributed by atoms with van der Waals surface area (Å²) in [5, 5.41) is 0. The van der Waals surface area contributed by atoms with Crippen molar-refractivity contribution in [1.82, 2.24) is 0 Å². The van der Waals surface area contributed by atoms with Gasteiger partial charge in [0.2, 0.25) is 0 Å². The van der Waals surface area contributed by atoms with Crippen LogP contribution >= 0.6 is 0 Å². The topological polar surface area (TPSA) is 44.8 Å². The molecule has 0 spiro atoms. The first-order valence-electron chi connectivity index (χ1n) is 6.21. The van der Waals surface area contributed by atoms with Gasteiger partial charge >= 0.3 is 0 Å². The van der Waals surface area contributed by atoms with Gasteiger partial charge in [-0.3, -0.25) is 4.79 Å². The Morgan fingerprint density at radius 1 is 1.21 bits per heavy atom. The van der Waals surface area contributed by atoms with Crippen LogP contribution in [0, 0.1) is 5.82 Å². The predicted molar refractivity (Wildman–Crippen MR) is 69.2 cm³/mol. The Bertz CT molecular complexity index is 406. The summed E-state index contributed by atoms with van der Waals surface area (Å²) in [6.07, 6.45) is 0.948. The molecule has 0 aromatic heterocycles. The molecule has 19 heavy (non-hydrogen) atoms. The predicted octanol–water partition coefficient (Wildman–Crippen LogP) is 2.46. The first-order valence-corrected chi connectivity index (χ1v) is 6.21. The molecule has 0 radical (unpaired) electrons. The normalized spacial score (nSPS) is 10.5. The molecule has 0 atom stereocenters. The molecule has 4 nitrogen and oxygen atoms in total. The second-order valence-corrected chi connectivity index (χ2v) is 3.94. The van der Waals surface area contributed by atoms with Crippen molar-refractivity contribution in [3.05, 3.63) is 29.6 Å². The monoisotopic (exact) mass is 270 g/mol. The highest BCUT2D eigenvalue weighted by Gasteiger charge is 2.10. The second kappa shape index (κ2) is 8.61. The van der Waals surface area contributed by atoms with Gasteiger partial charge in [-0.1, -0.05) is 6.92 Å². The van der Waals surface area contributed by atoms with E-state index in [1.807, 2.05) is 6.92 Å². The second-order valence-electron chi connectivity index (χ2n) is 3.94. The Balaban J connectivity index is 2.35. The minimum Gasteiger partial charge on any atom is -0.494 e. The van der Waals surface area contributed by atoms with Crippen LogP contribution in [-0.2, 0) is 9.47 Å². The SMILES string of the molecule is CCCOCCOCC(=O)c1ccc(OC)c(F)c1. The van der Waals surface area contributed by atoms with E-state index in [9.17, 15) is 9.18 Å². The van der Waals surface area contributed by atoms with Crippen LogP contribution in [0.4, 0.5) is 4.39 Å². The average molecular weight is 270 g/mol. The van der Waals surface area contributed by atoms with Gasteiger partial charge in [0, 0.05) is 12.2 Å². The molecule has 1 aromatic rings. The number of carbonyl (C=O) groups is 1. The molecule has 0 N–H and O–H groups in total. The van der Waals surface area contributed by atoms with E-state index in [0.717, 1.165) is 12.5 Å². The minimum absolute atomic E-state index is 0.0821. The summed E-state index contributed by atoms with van der Waals surface area (Å²) < 4.78 is 28.6. The summed E-state index contributed by atoms with van der Waals surface area (Å²) >= 11 is 0. The lowest BCUT2D eigenvalue weighted by atomic mass is 10.1. The van der Waals surface area contributed by atoms with Crippen molar-refractivity contribution in [2.45, 2.75) is 13.3 Å². The number of ketones is 1. The zero-order chi connectivity index (χ0) is 14.1. The number of Topliss-reactive ketones (excluding diaryl/α,β-unsaturated/α-hetero) is 1. The lowest BCUT2D eigenvalue weighted by molar-refractivity contribution is 0.0441. The number of carbonyl (C=O) groups excluding carboxylic acids is 1. The molecule has 106 valence electrons. The molecule has 0 saturated heterocycles. The van der Waals surface area contributed by atoms with Crippen molar-refractivity contribution in [2.24, 2.45) is 0 Å². The third kappa shape index (κ3) is 5.36. The van der Waals surface area contributed by atoms with Gasteiger partial charge in [-0.2, -0.15) is 0 Å². The number of hydrogen-bond acceptors (Lipinski definition) is 4. The van der Waals surface area contributed by atoms with Gasteiger partial charge in [0.1, 0.15) is 6.61 Å². The van der Waals surface area contributed by atoms with Crippen molar-refractivity contribution >= 4 is 5.78 Å². The third-order valence-corrected chi connectivity index (χ3v) is 2.43. The third-order valence-electron chi connectivity index (χ3n) is 2.43. The van der Waals surface area contributed by atoms with Crippen LogP contribution in [0.2, 0.25) is 0 Å². The van der Waals surface area contributed by atoms with Crippen LogP contribution in [-0.4, -0.2) is 39.3 Å². The number of hydrogen-bond donors (Lipinski definition) is 0. The van der Waals surface area contributed by atoms with Gasteiger partial charge in [0.15, 0.2) is 17.3 Å². The molecule has 0 heterocycles. The molecule has 0 unspecified atom stereocenters. The fourth-order valence-corrected chi connectivity index (χ4v) is 1.45. The molecular weight excluding hydrogens is 251 g/mol. The number of benzene rings is 1. The van der Waals surface area contributed by atoms with E-state index in [-0.39, 0.29) is 23.7 Å². The Labute approximate surface area is 112 Å². The molecule has 1 rings (SSSR count). The molecular formula is C14H19FO4. The van der Waals surface area contributed by atoms with Crippen LogP contribution in [0.25, 0.3) is 0 Å². The average Bonchev–Trinajstić information content (AvgIpc) is 2.42. The minimum atomic E-state index is -0.556. The highest BCUT2D eigenvalue weighted by molar-refractivity contribution is 5.97. The van der Waals surface area contributed by atoms with Crippen LogP contribution in [0.15, 0.2) is 18.2 Å². The maximum atomic E-state index is 13.4. The van der Waals surface area contributed by atoms with E-state index in [4.69, 9.17) is 14.2 Å². The number of rotatable bonds is 9. The molecule has 0 fully saturated rings. The Kier molecular flexibility index (Phi) is 7.07. The van der Waals surface area contributed by atoms with E-state index < -0.39 is 5.82 Å². The zero-order valence-electron chi connectivity index (χ0n) is 11.3. The summed E-state index contributed by atoms with van der Waals surface area (Å²) in [4.78, 5) is 11.7. The Morgan fingerprint density at radius 3 is 2.58 bits per heavy atom. The van der Waals surface area contributed by atoms with Gasteiger partial charge in [-0.15, -0.1) is 0 Å². The van der Waals surface area contributed by atoms with E-state index in [2.05, 4.69) is 0 Å². The number of methoxy groups -OCH3 is 1. The van der Waals surface area contributed by atoms with Crippen molar-refractivity contribution in [3.8, 4) is 5.75 Å². The highest BCUT2D eigenvalue weighted by atomic mass is 19.1. The van der Waals surface area contributed by atoms with Crippen LogP contribution < -0.4 is 4.74 Å². The Morgan fingerprint density at radius 2 is 1.95 bits per heavy atom. The van der Waals surface area contributed by atoms with Crippen LogP contribution in [0.3, 0.4) is 0 Å². The molecule has 5 heteroatoms. The summed E-state index contributed by atoms with van der Waals surface area (Å²) in [7, 11) is 1.37. The molecule has 1 aromatic carbocycles. The standard InChI is InChI=1S/C14H19FO4/c1-3-6-18-7-8-19-10-13(16)11-4-5-14(17-2)12(15)9-11/h4-5,9H,3,6-8,10H2,1-2H3. The van der Waals surface area contributed by atoms with E-state index >= 15 is 0 Å². The quantitative estimate of drug-likeness (QED) is 0.511. The van der Waals surface area contributed by atoms with E-state index in [1.54, 1.807) is 0 Å². The Hall–Kier alpha value is -1.46. The number of ether oxygens (including phenoxy) is 3. The largest absolute Gasteiger partial charge is 0.494 e. The molecule has 0 aliphatic heterocycles. The van der Waals surface area contributed by atoms with Crippen LogP contribution in [0.5, 0.6) is 5.75 Å². The maximum absolute atomic E-state index is 13.4. The smallest absolute Gasteiger partial charge is 0.188 e. The summed E-state index contributed by atoms with van der Waals surface area (Å²) in [6, 6.07) is 4.09. The molecule has 0 amide bonds. The van der Waals surface area contributed by atoms with Gasteiger partial charge in [-0.25, -0.2) is 4.39 Å². The molecule has 0 saturated carbocycles. The lowest BCUT2D eigenvalue weighted by Crippen LogP contribution is -2.13. The lowest BCUT2D eigenvalue weighted by Gasteiger charge is -2.06. The van der Waals surface area contributed by atoms with Gasteiger partial charge in [-0.05, 0) is 24.6 Å². The first-order chi connectivity index (χ1) is 9.19. The molecule has 0 bridgehead atoms. The summed E-state index contributed by atoms with van der Waals surface area (Å²) in [6.45, 7) is 3.42. The van der Waals surface area contributed by atoms with Crippen molar-refractivity contribution in [3.63, 3.8) is 0 Å². The highest BCUT2D eigenvalue weighted by Crippen LogP contribution is 2.17. The van der Waals surface area contributed by atoms with E-state index in [0.29, 0.717) is 19.8 Å². The van der Waals surface area contributed by atoms with Gasteiger partial charge in [0.25, 0.3) is 0 Å². The van der Waals surface area contributed by atoms with Gasteiger partial charge in [0.05, 0.1) is 20.3 Å². The molecule has 0 aliphatic rings. The van der Waals surface area contributed by atoms with Crippen LogP contribution in [0.1, 0.15) is 23.7 Å². The van der Waals surface area contributed by atoms with E-state index in [1.165, 1.54) is 19.2 Å². The maximum Gasteiger partial charge on any atom is 0.188 e. The summed E-state index contributed by atoms with van der Waals surface area (Å²) in [5.74, 6) is -0.706. The fraction of sp³-hybridized carbons (Fsp3) is 0.500. The van der Waals surface area contributed by atoms with Crippen molar-refractivity contribution in [1.29, 1.82) is 0 Å². The van der Waals surface area contributed by atoms with Gasteiger partial charge < -0.3 is 14.2 Å². The zero-order valence-corrected chi connectivity index (χ0v) is 11.3. The summed E-state index contributed by atoms with van der Waals surface area (Å²) in [5.41, 5.74) is 0.271. The van der Waals surface area contributed by atoms with Crippen molar-refractivity contribution in [2.75, 3.05) is 33.5 Å². The fourth-order valence-electron chi connectivity index (χ4n) is 1.45. The first kappa shape index (κ1) is 15.6. The van der Waals surface area contributed by atoms with Crippen molar-refractivity contribution < 1.29 is 23.4 Å².